The molecule has 0 fully saturated rings. The van der Waals surface area contributed by atoms with Gasteiger partial charge in [0.25, 0.3) is 0 Å². The Morgan fingerprint density at radius 2 is 2.00 bits per heavy atom. The Morgan fingerprint density at radius 3 is 2.67 bits per heavy atom. The molecule has 2 aromatic carbocycles. The molecule has 0 aliphatic heterocycles. The highest BCUT2D eigenvalue weighted by molar-refractivity contribution is 6.29. The number of para-hydroxylation sites is 1. The standard InChI is InChI=1S/C16H15ClFNO2/c1-21-13-6-4-5-12(9-13)11-19(16(20)10-17)15-8-3-2-7-14(15)18/h2-9H,10-11H2,1H3. The van der Waals surface area contributed by atoms with Crippen LogP contribution in [0.15, 0.2) is 48.5 Å². The molecular formula is C16H15ClFNO2. The van der Waals surface area contributed by atoms with E-state index in [1.807, 2.05) is 12.1 Å². The molecule has 0 aromatic heterocycles. The van der Waals surface area contributed by atoms with E-state index < -0.39 is 5.82 Å². The zero-order valence-electron chi connectivity index (χ0n) is 11.6. The molecule has 0 radical (unpaired) electrons. The average Bonchev–Trinajstić information content (AvgIpc) is 2.53. The predicted octanol–water partition coefficient (Wildman–Crippen LogP) is 3.61. The molecule has 0 atom stereocenters. The molecule has 0 aliphatic carbocycles. The third-order valence-corrected chi connectivity index (χ3v) is 3.26. The van der Waals surface area contributed by atoms with Gasteiger partial charge >= 0.3 is 0 Å². The number of hydrogen-bond donors (Lipinski definition) is 0. The van der Waals surface area contributed by atoms with Crippen LogP contribution in [0.2, 0.25) is 0 Å². The first kappa shape index (κ1) is 15.3. The summed E-state index contributed by atoms with van der Waals surface area (Å²) in [6, 6.07) is 13.4. The van der Waals surface area contributed by atoms with Crippen LogP contribution in [0.1, 0.15) is 5.56 Å². The van der Waals surface area contributed by atoms with E-state index in [2.05, 4.69) is 0 Å². The number of methoxy groups -OCH3 is 1. The number of carbonyl (C=O) groups is 1. The average molecular weight is 308 g/mol. The minimum atomic E-state index is -0.459. The summed E-state index contributed by atoms with van der Waals surface area (Å²) < 4.78 is 19.1. The van der Waals surface area contributed by atoms with Gasteiger partial charge in [-0.2, -0.15) is 0 Å². The van der Waals surface area contributed by atoms with E-state index in [1.54, 1.807) is 37.4 Å². The molecule has 0 saturated heterocycles. The van der Waals surface area contributed by atoms with Crippen molar-refractivity contribution in [1.29, 1.82) is 0 Å². The third-order valence-electron chi connectivity index (χ3n) is 3.03. The predicted molar refractivity (Wildman–Crippen MR) is 81.3 cm³/mol. The molecule has 3 nitrogen and oxygen atoms in total. The number of benzene rings is 2. The monoisotopic (exact) mass is 307 g/mol. The van der Waals surface area contributed by atoms with Crippen LogP contribution in [0.3, 0.4) is 0 Å². The Bertz CT molecular complexity index is 633. The van der Waals surface area contributed by atoms with Crippen LogP contribution in [-0.2, 0) is 11.3 Å². The Morgan fingerprint density at radius 1 is 1.24 bits per heavy atom. The molecule has 21 heavy (non-hydrogen) atoms. The highest BCUT2D eigenvalue weighted by Crippen LogP contribution is 2.23. The molecule has 0 N–H and O–H groups in total. The van der Waals surface area contributed by atoms with Crippen LogP contribution in [0, 0.1) is 5.82 Å². The molecule has 1 amide bonds. The van der Waals surface area contributed by atoms with E-state index in [1.165, 1.54) is 11.0 Å². The van der Waals surface area contributed by atoms with E-state index >= 15 is 0 Å². The van der Waals surface area contributed by atoms with Crippen molar-refractivity contribution in [2.24, 2.45) is 0 Å². The number of ether oxygens (including phenoxy) is 1. The smallest absolute Gasteiger partial charge is 0.242 e. The Hall–Kier alpha value is -2.07. The van der Waals surface area contributed by atoms with Gasteiger partial charge in [0, 0.05) is 0 Å². The lowest BCUT2D eigenvalue weighted by molar-refractivity contribution is -0.116. The van der Waals surface area contributed by atoms with Crippen molar-refractivity contribution in [3.8, 4) is 5.75 Å². The minimum Gasteiger partial charge on any atom is -0.497 e. The lowest BCUT2D eigenvalue weighted by Gasteiger charge is -2.22. The van der Waals surface area contributed by atoms with Gasteiger partial charge in [0.2, 0.25) is 5.91 Å². The molecule has 0 heterocycles. The first-order valence-corrected chi connectivity index (χ1v) is 6.93. The number of halogens is 2. The molecule has 0 aliphatic rings. The molecule has 2 rings (SSSR count). The number of hydrogen-bond acceptors (Lipinski definition) is 2. The molecular weight excluding hydrogens is 293 g/mol. The summed E-state index contributed by atoms with van der Waals surface area (Å²) in [5.74, 6) is -0.346. The van der Waals surface area contributed by atoms with Crippen LogP contribution in [-0.4, -0.2) is 18.9 Å². The summed E-state index contributed by atoms with van der Waals surface area (Å²) in [6.07, 6.45) is 0. The van der Waals surface area contributed by atoms with E-state index in [9.17, 15) is 9.18 Å². The normalized spacial score (nSPS) is 10.2. The lowest BCUT2D eigenvalue weighted by atomic mass is 10.1. The topological polar surface area (TPSA) is 29.5 Å². The molecule has 0 saturated carbocycles. The maximum absolute atomic E-state index is 13.9. The van der Waals surface area contributed by atoms with E-state index in [-0.39, 0.29) is 24.0 Å². The first-order valence-electron chi connectivity index (χ1n) is 6.39. The second-order valence-electron chi connectivity index (χ2n) is 4.42. The molecule has 0 bridgehead atoms. The van der Waals surface area contributed by atoms with Gasteiger partial charge in [-0.15, -0.1) is 11.6 Å². The fourth-order valence-corrected chi connectivity index (χ4v) is 2.15. The number of alkyl halides is 1. The number of rotatable bonds is 5. The summed E-state index contributed by atoms with van der Waals surface area (Å²) >= 11 is 5.64. The summed E-state index contributed by atoms with van der Waals surface area (Å²) in [4.78, 5) is 13.4. The van der Waals surface area contributed by atoms with Crippen molar-refractivity contribution >= 4 is 23.2 Å². The zero-order valence-corrected chi connectivity index (χ0v) is 12.3. The van der Waals surface area contributed by atoms with E-state index in [4.69, 9.17) is 16.3 Å². The molecule has 2 aromatic rings. The lowest BCUT2D eigenvalue weighted by Crippen LogP contribution is -2.32. The van der Waals surface area contributed by atoms with Crippen molar-refractivity contribution in [3.63, 3.8) is 0 Å². The maximum atomic E-state index is 13.9. The van der Waals surface area contributed by atoms with Gasteiger partial charge in [0.05, 0.1) is 19.3 Å². The van der Waals surface area contributed by atoms with Gasteiger partial charge in [-0.05, 0) is 29.8 Å². The SMILES string of the molecule is COc1cccc(CN(C(=O)CCl)c2ccccc2F)c1. The Balaban J connectivity index is 2.33. The number of nitrogens with zero attached hydrogens (tertiary/aromatic N) is 1. The van der Waals surface area contributed by atoms with Crippen LogP contribution in [0.4, 0.5) is 10.1 Å². The number of amides is 1. The van der Waals surface area contributed by atoms with Crippen molar-refractivity contribution in [2.75, 3.05) is 17.9 Å². The third kappa shape index (κ3) is 3.73. The zero-order chi connectivity index (χ0) is 15.2. The van der Waals surface area contributed by atoms with Gasteiger partial charge in [-0.25, -0.2) is 4.39 Å². The maximum Gasteiger partial charge on any atom is 0.242 e. The fourth-order valence-electron chi connectivity index (χ4n) is 2.00. The first-order chi connectivity index (χ1) is 10.2. The Labute approximate surface area is 127 Å². The summed E-state index contributed by atoms with van der Waals surface area (Å²) in [5, 5.41) is 0. The summed E-state index contributed by atoms with van der Waals surface area (Å²) in [6.45, 7) is 0.226. The molecule has 0 unspecified atom stereocenters. The van der Waals surface area contributed by atoms with Crippen molar-refractivity contribution in [1.82, 2.24) is 0 Å². The van der Waals surface area contributed by atoms with Crippen LogP contribution in [0.5, 0.6) is 5.75 Å². The second-order valence-corrected chi connectivity index (χ2v) is 4.68. The number of carbonyl (C=O) groups excluding carboxylic acids is 1. The largest absolute Gasteiger partial charge is 0.497 e. The van der Waals surface area contributed by atoms with E-state index in [0.717, 1.165) is 5.56 Å². The van der Waals surface area contributed by atoms with Gasteiger partial charge < -0.3 is 9.64 Å². The van der Waals surface area contributed by atoms with E-state index in [0.29, 0.717) is 5.75 Å². The highest BCUT2D eigenvalue weighted by Gasteiger charge is 2.18. The van der Waals surface area contributed by atoms with Crippen LogP contribution >= 0.6 is 11.6 Å². The quantitative estimate of drug-likeness (QED) is 0.790. The minimum absolute atomic E-state index is 0.210. The second kappa shape index (κ2) is 7.09. The molecule has 0 spiro atoms. The van der Waals surface area contributed by atoms with Crippen LogP contribution in [0.25, 0.3) is 0 Å². The van der Waals surface area contributed by atoms with Crippen LogP contribution < -0.4 is 9.64 Å². The van der Waals surface area contributed by atoms with Gasteiger partial charge in [0.15, 0.2) is 0 Å². The molecule has 5 heteroatoms. The van der Waals surface area contributed by atoms with Gasteiger partial charge in [-0.1, -0.05) is 24.3 Å². The molecule has 110 valence electrons. The van der Waals surface area contributed by atoms with Crippen molar-refractivity contribution in [2.45, 2.75) is 6.54 Å². The van der Waals surface area contributed by atoms with Crippen molar-refractivity contribution in [3.05, 3.63) is 59.9 Å². The summed E-state index contributed by atoms with van der Waals surface area (Å²) in [5.41, 5.74) is 1.04. The number of anilines is 1. The van der Waals surface area contributed by atoms with Crippen molar-refractivity contribution < 1.29 is 13.9 Å². The fraction of sp³-hybridized carbons (Fsp3) is 0.188. The Kier molecular flexibility index (Phi) is 5.17. The summed E-state index contributed by atoms with van der Waals surface area (Å²) in [7, 11) is 1.57. The van der Waals surface area contributed by atoms with Gasteiger partial charge in [-0.3, -0.25) is 4.79 Å². The van der Waals surface area contributed by atoms with Gasteiger partial charge in [0.1, 0.15) is 17.4 Å². The highest BCUT2D eigenvalue weighted by atomic mass is 35.5.